The molecule has 0 aliphatic rings. The van der Waals surface area contributed by atoms with Crippen molar-refractivity contribution in [3.8, 4) is 17.1 Å². The van der Waals surface area contributed by atoms with Gasteiger partial charge in [-0.3, -0.25) is 0 Å². The van der Waals surface area contributed by atoms with Gasteiger partial charge >= 0.3 is 0 Å². The quantitative estimate of drug-likeness (QED) is 0.503. The molecule has 0 unspecified atom stereocenters. The molecule has 0 bridgehead atoms. The van der Waals surface area contributed by atoms with E-state index in [0.29, 0.717) is 36.2 Å². The van der Waals surface area contributed by atoms with E-state index in [4.69, 9.17) is 4.52 Å². The van der Waals surface area contributed by atoms with Crippen LogP contribution in [-0.2, 0) is 6.42 Å². The normalized spacial score (nSPS) is 10.9. The van der Waals surface area contributed by atoms with E-state index in [1.54, 1.807) is 16.8 Å². The van der Waals surface area contributed by atoms with Crippen molar-refractivity contribution in [1.29, 1.82) is 0 Å². The molecular weight excluding hydrogens is 349 g/mol. The first-order chi connectivity index (χ1) is 13.3. The van der Waals surface area contributed by atoms with Gasteiger partial charge in [-0.05, 0) is 53.2 Å². The molecule has 136 valence electrons. The third-order valence-electron chi connectivity index (χ3n) is 3.89. The first kappa shape index (κ1) is 16.8. The summed E-state index contributed by atoms with van der Waals surface area (Å²) in [5.74, 6) is 1.25. The minimum atomic E-state index is -0.300. The molecule has 0 saturated heterocycles. The molecule has 0 spiro atoms. The maximum Gasteiger partial charge on any atom is 0.247 e. The first-order valence-electron chi connectivity index (χ1n) is 8.46. The van der Waals surface area contributed by atoms with Crippen LogP contribution in [0.1, 0.15) is 12.3 Å². The van der Waals surface area contributed by atoms with Crippen LogP contribution in [0.15, 0.2) is 59.1 Å². The van der Waals surface area contributed by atoms with Crippen LogP contribution in [0.5, 0.6) is 0 Å². The molecule has 0 atom stereocenters. The van der Waals surface area contributed by atoms with Crippen LogP contribution in [0.25, 0.3) is 17.1 Å². The number of rotatable bonds is 7. The highest BCUT2D eigenvalue weighted by atomic mass is 19.1. The van der Waals surface area contributed by atoms with Gasteiger partial charge in [0.05, 0.1) is 5.69 Å². The van der Waals surface area contributed by atoms with Crippen LogP contribution in [0, 0.1) is 5.82 Å². The number of halogens is 1. The highest BCUT2D eigenvalue weighted by molar-refractivity contribution is 5.53. The average Bonchev–Trinajstić information content (AvgIpc) is 3.36. The van der Waals surface area contributed by atoms with Gasteiger partial charge in [-0.2, -0.15) is 9.67 Å². The summed E-state index contributed by atoms with van der Waals surface area (Å²) in [6.45, 7) is 0.640. The maximum absolute atomic E-state index is 13.0. The molecule has 0 amide bonds. The van der Waals surface area contributed by atoms with Crippen LogP contribution in [-0.4, -0.2) is 36.9 Å². The van der Waals surface area contributed by atoms with E-state index < -0.39 is 0 Å². The van der Waals surface area contributed by atoms with Crippen LogP contribution in [0.2, 0.25) is 0 Å². The molecule has 0 aliphatic heterocycles. The zero-order valence-electron chi connectivity index (χ0n) is 14.3. The lowest BCUT2D eigenvalue weighted by molar-refractivity contribution is 0.377. The standard InChI is InChI=1S/C18H16FN7O/c19-14-10-8-13(9-11-14)17-21-16(27-23-17)7-4-12-20-18-22-24-25-26(18)15-5-2-1-3-6-15/h1-3,5-6,8-11H,4,7,12H2,(H,20,22,25). The van der Waals surface area contributed by atoms with Crippen molar-refractivity contribution < 1.29 is 8.91 Å². The number of aryl methyl sites for hydroxylation is 1. The smallest absolute Gasteiger partial charge is 0.247 e. The molecule has 0 aliphatic carbocycles. The van der Waals surface area contributed by atoms with Gasteiger partial charge in [0.25, 0.3) is 0 Å². The Morgan fingerprint density at radius 2 is 1.85 bits per heavy atom. The Balaban J connectivity index is 1.31. The van der Waals surface area contributed by atoms with E-state index in [9.17, 15) is 4.39 Å². The number of anilines is 1. The second-order valence-corrected chi connectivity index (χ2v) is 5.80. The van der Waals surface area contributed by atoms with Gasteiger partial charge in [-0.1, -0.05) is 28.5 Å². The van der Waals surface area contributed by atoms with E-state index in [2.05, 4.69) is 31.0 Å². The molecule has 2 aromatic carbocycles. The molecule has 8 nitrogen and oxygen atoms in total. The Labute approximate surface area is 154 Å². The first-order valence-corrected chi connectivity index (χ1v) is 8.46. The summed E-state index contributed by atoms with van der Waals surface area (Å²) >= 11 is 0. The number of nitrogens with zero attached hydrogens (tertiary/aromatic N) is 6. The minimum absolute atomic E-state index is 0.300. The van der Waals surface area contributed by atoms with Crippen molar-refractivity contribution in [3.63, 3.8) is 0 Å². The van der Waals surface area contributed by atoms with Gasteiger partial charge < -0.3 is 9.84 Å². The molecular formula is C18H16FN7O. The van der Waals surface area contributed by atoms with E-state index >= 15 is 0 Å². The van der Waals surface area contributed by atoms with E-state index in [1.807, 2.05) is 30.3 Å². The molecule has 2 aromatic heterocycles. The second-order valence-electron chi connectivity index (χ2n) is 5.80. The largest absolute Gasteiger partial charge is 0.353 e. The van der Waals surface area contributed by atoms with Crippen LogP contribution < -0.4 is 5.32 Å². The van der Waals surface area contributed by atoms with E-state index in [0.717, 1.165) is 12.1 Å². The predicted octanol–water partition coefficient (Wildman–Crippen LogP) is 2.90. The van der Waals surface area contributed by atoms with Gasteiger partial charge in [0, 0.05) is 18.5 Å². The van der Waals surface area contributed by atoms with Crippen LogP contribution >= 0.6 is 0 Å². The fraction of sp³-hybridized carbons (Fsp3) is 0.167. The summed E-state index contributed by atoms with van der Waals surface area (Å²) in [5.41, 5.74) is 1.59. The highest BCUT2D eigenvalue weighted by Gasteiger charge is 2.10. The Hall–Kier alpha value is -3.62. The summed E-state index contributed by atoms with van der Waals surface area (Å²) in [4.78, 5) is 4.34. The SMILES string of the molecule is Fc1ccc(-c2noc(CCCNc3nnnn3-c3ccccc3)n2)cc1. The van der Waals surface area contributed by atoms with Crippen molar-refractivity contribution in [2.45, 2.75) is 12.8 Å². The molecule has 0 radical (unpaired) electrons. The topological polar surface area (TPSA) is 94.5 Å². The van der Waals surface area contributed by atoms with Gasteiger partial charge in [0.2, 0.25) is 17.7 Å². The number of nitrogens with one attached hydrogen (secondary N) is 1. The number of tetrazole rings is 1. The third kappa shape index (κ3) is 3.97. The van der Waals surface area contributed by atoms with E-state index in [1.165, 1.54) is 12.1 Å². The molecule has 27 heavy (non-hydrogen) atoms. The average molecular weight is 365 g/mol. The van der Waals surface area contributed by atoms with E-state index in [-0.39, 0.29) is 5.82 Å². The summed E-state index contributed by atoms with van der Waals surface area (Å²) < 4.78 is 19.9. The summed E-state index contributed by atoms with van der Waals surface area (Å²) in [6.07, 6.45) is 1.36. The molecule has 4 rings (SSSR count). The fourth-order valence-electron chi connectivity index (χ4n) is 2.55. The molecule has 1 N–H and O–H groups in total. The molecule has 4 aromatic rings. The Morgan fingerprint density at radius 1 is 1.04 bits per heavy atom. The zero-order valence-corrected chi connectivity index (χ0v) is 14.3. The van der Waals surface area contributed by atoms with Crippen molar-refractivity contribution in [2.24, 2.45) is 0 Å². The third-order valence-corrected chi connectivity index (χ3v) is 3.89. The lowest BCUT2D eigenvalue weighted by Gasteiger charge is -2.05. The zero-order chi connectivity index (χ0) is 18.5. The molecule has 0 saturated carbocycles. The lowest BCUT2D eigenvalue weighted by atomic mass is 10.2. The summed E-state index contributed by atoms with van der Waals surface area (Å²) in [7, 11) is 0. The Kier molecular flexibility index (Phi) is 4.82. The van der Waals surface area contributed by atoms with Crippen LogP contribution in [0.3, 0.4) is 0 Å². The number of aromatic nitrogens is 6. The van der Waals surface area contributed by atoms with Crippen LogP contribution in [0.4, 0.5) is 10.3 Å². The van der Waals surface area contributed by atoms with Gasteiger partial charge in [0.1, 0.15) is 5.82 Å². The van der Waals surface area contributed by atoms with Gasteiger partial charge in [-0.25, -0.2) is 4.39 Å². The second kappa shape index (κ2) is 7.73. The Bertz CT molecular complexity index is 998. The maximum atomic E-state index is 13.0. The number of para-hydroxylation sites is 1. The number of benzene rings is 2. The monoisotopic (exact) mass is 365 g/mol. The van der Waals surface area contributed by atoms with Crippen molar-refractivity contribution in [1.82, 2.24) is 30.3 Å². The van der Waals surface area contributed by atoms with Crippen molar-refractivity contribution >= 4 is 5.95 Å². The molecule has 9 heteroatoms. The number of hydrogen-bond donors (Lipinski definition) is 1. The number of hydrogen-bond acceptors (Lipinski definition) is 7. The summed E-state index contributed by atoms with van der Waals surface area (Å²) in [6, 6.07) is 15.6. The van der Waals surface area contributed by atoms with Gasteiger partial charge in [-0.15, -0.1) is 0 Å². The fourth-order valence-corrected chi connectivity index (χ4v) is 2.55. The summed E-state index contributed by atoms with van der Waals surface area (Å²) in [5, 5.41) is 18.8. The van der Waals surface area contributed by atoms with Gasteiger partial charge in [0.15, 0.2) is 0 Å². The predicted molar refractivity (Wildman–Crippen MR) is 95.7 cm³/mol. The van der Waals surface area contributed by atoms with Crippen molar-refractivity contribution in [2.75, 3.05) is 11.9 Å². The minimum Gasteiger partial charge on any atom is -0.353 e. The molecule has 0 fully saturated rings. The highest BCUT2D eigenvalue weighted by Crippen LogP contribution is 2.17. The lowest BCUT2D eigenvalue weighted by Crippen LogP contribution is -2.09. The van der Waals surface area contributed by atoms with Crippen molar-refractivity contribution in [3.05, 3.63) is 66.3 Å². The Morgan fingerprint density at radius 3 is 2.67 bits per heavy atom. The molecule has 2 heterocycles.